The fourth-order valence-corrected chi connectivity index (χ4v) is 4.01. The van der Waals surface area contributed by atoms with Crippen LogP contribution in [-0.2, 0) is 0 Å². The van der Waals surface area contributed by atoms with Gasteiger partial charge >= 0.3 is 0 Å². The lowest BCUT2D eigenvalue weighted by molar-refractivity contribution is -0.510. The monoisotopic (exact) mass is 327 g/mol. The molecule has 6 rings (SSSR count). The van der Waals surface area contributed by atoms with E-state index in [-0.39, 0.29) is 6.79 Å². The molecule has 4 heterocycles. The summed E-state index contributed by atoms with van der Waals surface area (Å²) in [6, 6.07) is 14.8. The number of nitrogens with zero attached hydrogens (tertiary/aromatic N) is 1. The molecule has 1 N–H and O–H groups in total. The van der Waals surface area contributed by atoms with Crippen LogP contribution in [0.4, 0.5) is 0 Å². The minimum atomic E-state index is 0.289. The molecule has 0 unspecified atom stereocenters. The number of aromatic nitrogens is 2. The summed E-state index contributed by atoms with van der Waals surface area (Å²) in [6.07, 6.45) is 4.31. The first-order chi connectivity index (χ1) is 12.3. The Kier molecular flexibility index (Phi) is 2.31. The van der Waals surface area contributed by atoms with Crippen molar-refractivity contribution in [2.24, 2.45) is 0 Å². The van der Waals surface area contributed by atoms with Gasteiger partial charge in [0.25, 0.3) is 0 Å². The second-order valence-corrected chi connectivity index (χ2v) is 6.59. The topological polar surface area (TPSA) is 38.4 Å². The van der Waals surface area contributed by atoms with Gasteiger partial charge in [-0.05, 0) is 25.1 Å². The molecule has 1 aliphatic rings. The van der Waals surface area contributed by atoms with E-state index in [1.54, 1.807) is 0 Å². The summed E-state index contributed by atoms with van der Waals surface area (Å²) in [6.45, 7) is 2.42. The predicted octanol–water partition coefficient (Wildman–Crippen LogP) is 4.25. The van der Waals surface area contributed by atoms with Gasteiger partial charge in [0, 0.05) is 33.3 Å². The number of hydrogen-bond donors (Lipinski definition) is 1. The summed E-state index contributed by atoms with van der Waals surface area (Å²) in [5.74, 6) is 1.64. The van der Waals surface area contributed by atoms with Crippen molar-refractivity contribution in [3.8, 4) is 11.5 Å². The van der Waals surface area contributed by atoms with Crippen molar-refractivity contribution in [2.45, 2.75) is 6.92 Å². The molecule has 0 amide bonds. The molecule has 3 aromatic heterocycles. The minimum absolute atomic E-state index is 0.289. The fraction of sp³-hybridized carbons (Fsp3) is 0.0952. The van der Waals surface area contributed by atoms with Gasteiger partial charge in [0.1, 0.15) is 5.52 Å². The van der Waals surface area contributed by atoms with E-state index in [4.69, 9.17) is 9.47 Å². The minimum Gasteiger partial charge on any atom is -0.454 e. The van der Waals surface area contributed by atoms with Crippen molar-refractivity contribution in [3.63, 3.8) is 0 Å². The summed E-state index contributed by atoms with van der Waals surface area (Å²) in [5, 5.41) is 4.84. The van der Waals surface area contributed by atoms with Gasteiger partial charge in [0.05, 0.1) is 5.39 Å². The smallest absolute Gasteiger partial charge is 0.242 e. The van der Waals surface area contributed by atoms with Crippen LogP contribution in [0.15, 0.2) is 54.9 Å². The molecule has 120 valence electrons. The maximum atomic E-state index is 5.62. The van der Waals surface area contributed by atoms with E-state index in [9.17, 15) is 0 Å². The highest BCUT2D eigenvalue weighted by atomic mass is 16.7. The zero-order chi connectivity index (χ0) is 16.5. The van der Waals surface area contributed by atoms with Crippen LogP contribution in [0.1, 0.15) is 5.56 Å². The molecule has 0 fully saturated rings. The van der Waals surface area contributed by atoms with Crippen molar-refractivity contribution in [3.05, 3.63) is 60.4 Å². The van der Waals surface area contributed by atoms with E-state index in [2.05, 4.69) is 71.2 Å². The van der Waals surface area contributed by atoms with Crippen molar-refractivity contribution >= 4 is 38.1 Å². The Labute approximate surface area is 143 Å². The molecule has 25 heavy (non-hydrogen) atoms. The highest BCUT2D eigenvalue weighted by Crippen LogP contribution is 2.39. The van der Waals surface area contributed by atoms with E-state index in [0.717, 1.165) is 28.0 Å². The summed E-state index contributed by atoms with van der Waals surface area (Å²) >= 11 is 0. The Balaban J connectivity index is 1.89. The van der Waals surface area contributed by atoms with E-state index in [1.807, 2.05) is 0 Å². The van der Waals surface area contributed by atoms with Gasteiger partial charge in [-0.3, -0.25) is 0 Å². The van der Waals surface area contributed by atoms with E-state index >= 15 is 0 Å². The first-order valence-corrected chi connectivity index (χ1v) is 8.37. The molecular formula is C21H15N2O2+. The first kappa shape index (κ1) is 13.1. The number of para-hydroxylation sites is 1. The Morgan fingerprint density at radius 2 is 1.72 bits per heavy atom. The van der Waals surface area contributed by atoms with E-state index in [1.165, 1.54) is 27.1 Å². The molecule has 0 spiro atoms. The average molecular weight is 327 g/mol. The van der Waals surface area contributed by atoms with Crippen LogP contribution >= 0.6 is 0 Å². The molecule has 0 saturated carbocycles. The molecule has 5 aromatic rings. The second-order valence-electron chi connectivity index (χ2n) is 6.59. The van der Waals surface area contributed by atoms with Gasteiger partial charge in [0.2, 0.25) is 12.3 Å². The number of benzene rings is 2. The van der Waals surface area contributed by atoms with Crippen molar-refractivity contribution in [2.75, 3.05) is 6.79 Å². The Morgan fingerprint density at radius 1 is 0.920 bits per heavy atom. The number of ether oxygens (including phenoxy) is 2. The van der Waals surface area contributed by atoms with Gasteiger partial charge in [0.15, 0.2) is 23.9 Å². The number of hydrogen-bond acceptors (Lipinski definition) is 2. The number of fused-ring (bicyclic) bond motifs is 8. The fourth-order valence-electron chi connectivity index (χ4n) is 4.01. The molecule has 0 saturated heterocycles. The van der Waals surface area contributed by atoms with Crippen molar-refractivity contribution in [1.82, 2.24) is 4.98 Å². The number of aromatic amines is 1. The number of pyridine rings is 2. The first-order valence-electron chi connectivity index (χ1n) is 8.37. The number of aryl methyl sites for hydroxylation is 1. The Bertz CT molecular complexity index is 1330. The normalized spacial score (nSPS) is 13.5. The van der Waals surface area contributed by atoms with Crippen LogP contribution in [0.5, 0.6) is 11.5 Å². The lowest BCUT2D eigenvalue weighted by atomic mass is 10.0. The Hall–Kier alpha value is -3.27. The van der Waals surface area contributed by atoms with Crippen molar-refractivity contribution < 1.29 is 13.9 Å². The molecule has 0 bridgehead atoms. The molecule has 4 nitrogen and oxygen atoms in total. The van der Waals surface area contributed by atoms with E-state index in [0.29, 0.717) is 0 Å². The molecule has 0 aliphatic carbocycles. The number of rotatable bonds is 0. The third kappa shape index (κ3) is 1.63. The number of H-pyrrole nitrogens is 1. The van der Waals surface area contributed by atoms with Gasteiger partial charge in [-0.25, -0.2) is 0 Å². The highest BCUT2D eigenvalue weighted by Gasteiger charge is 2.22. The van der Waals surface area contributed by atoms with Gasteiger partial charge in [-0.15, -0.1) is 0 Å². The molecule has 4 heteroatoms. The summed E-state index contributed by atoms with van der Waals surface area (Å²) in [7, 11) is 0. The summed E-state index contributed by atoms with van der Waals surface area (Å²) < 4.78 is 13.4. The van der Waals surface area contributed by atoms with Gasteiger partial charge in [-0.1, -0.05) is 18.2 Å². The van der Waals surface area contributed by atoms with Gasteiger partial charge in [-0.2, -0.15) is 4.40 Å². The molecule has 0 radical (unpaired) electrons. The third-order valence-electron chi connectivity index (χ3n) is 5.17. The summed E-state index contributed by atoms with van der Waals surface area (Å²) in [4.78, 5) is 3.61. The van der Waals surface area contributed by atoms with E-state index < -0.39 is 0 Å². The second kappa shape index (κ2) is 4.42. The van der Waals surface area contributed by atoms with Crippen LogP contribution < -0.4 is 13.9 Å². The van der Waals surface area contributed by atoms with Crippen molar-refractivity contribution in [1.29, 1.82) is 0 Å². The average Bonchev–Trinajstić information content (AvgIpc) is 3.23. The van der Waals surface area contributed by atoms with Gasteiger partial charge < -0.3 is 14.5 Å². The quantitative estimate of drug-likeness (QED) is 0.341. The zero-order valence-corrected chi connectivity index (χ0v) is 13.7. The standard InChI is InChI=1S/C21H14N2O2/c1-12-10-23-7-6-14-13-4-2-3-5-17(13)22-20(14)21(23)16-9-19-18(8-15(12)16)24-11-25-19/h2-10H,11H2,1H3/p+1. The SMILES string of the molecule is Cc1c[n+]2ccc3c4ccccc4[nH]c3c2c2cc3c(cc12)OCO3. The third-order valence-corrected chi connectivity index (χ3v) is 5.17. The largest absolute Gasteiger partial charge is 0.454 e. The molecule has 1 aliphatic heterocycles. The molecule has 2 aromatic carbocycles. The van der Waals surface area contributed by atoms with Crippen LogP contribution in [0.3, 0.4) is 0 Å². The van der Waals surface area contributed by atoms with Crippen LogP contribution in [-0.4, -0.2) is 11.8 Å². The van der Waals surface area contributed by atoms with Crippen LogP contribution in [0.25, 0.3) is 38.1 Å². The van der Waals surface area contributed by atoms with Crippen LogP contribution in [0.2, 0.25) is 0 Å². The zero-order valence-electron chi connectivity index (χ0n) is 13.7. The van der Waals surface area contributed by atoms with Crippen LogP contribution in [0, 0.1) is 6.92 Å². The predicted molar refractivity (Wildman–Crippen MR) is 97.3 cm³/mol. The molecular weight excluding hydrogens is 312 g/mol. The maximum absolute atomic E-state index is 5.62. The lowest BCUT2D eigenvalue weighted by Crippen LogP contribution is -2.21. The number of nitrogens with one attached hydrogen (secondary N) is 1. The highest BCUT2D eigenvalue weighted by molar-refractivity contribution is 6.16. The Morgan fingerprint density at radius 3 is 2.60 bits per heavy atom. The summed E-state index contributed by atoms with van der Waals surface area (Å²) in [5.41, 5.74) is 4.67. The maximum Gasteiger partial charge on any atom is 0.242 e. The lowest BCUT2D eigenvalue weighted by Gasteiger charge is -2.05. The molecule has 0 atom stereocenters.